The van der Waals surface area contributed by atoms with Gasteiger partial charge in [-0.05, 0) is 36.8 Å². The predicted molar refractivity (Wildman–Crippen MR) is 94.1 cm³/mol. The summed E-state index contributed by atoms with van der Waals surface area (Å²) in [7, 11) is 0. The molecule has 2 heterocycles. The predicted octanol–water partition coefficient (Wildman–Crippen LogP) is 3.48. The molecule has 0 unspecified atom stereocenters. The van der Waals surface area contributed by atoms with Crippen LogP contribution in [0.4, 0.5) is 5.69 Å². The molecule has 0 saturated heterocycles. The van der Waals surface area contributed by atoms with E-state index in [1.54, 1.807) is 24.3 Å². The van der Waals surface area contributed by atoms with E-state index in [-0.39, 0.29) is 11.3 Å². The molecule has 0 aliphatic heterocycles. The van der Waals surface area contributed by atoms with Crippen LogP contribution in [0.5, 0.6) is 0 Å². The number of aryl methyl sites for hydroxylation is 1. The highest BCUT2D eigenvalue weighted by Gasteiger charge is 2.01. The molecule has 5 heteroatoms. The summed E-state index contributed by atoms with van der Waals surface area (Å²) in [5.41, 5.74) is 7.61. The van der Waals surface area contributed by atoms with E-state index in [0.29, 0.717) is 16.9 Å². The lowest BCUT2D eigenvalue weighted by molar-refractivity contribution is 0.560. The monoisotopic (exact) mass is 321 g/mol. The summed E-state index contributed by atoms with van der Waals surface area (Å²) in [6.07, 6.45) is 0. The Balaban J connectivity index is 0.000000143. The van der Waals surface area contributed by atoms with Crippen molar-refractivity contribution in [3.05, 3.63) is 87.1 Å². The first-order valence-electron chi connectivity index (χ1n) is 7.32. The molecule has 4 rings (SSSR count). The Kier molecular flexibility index (Phi) is 4.16. The molecule has 0 aliphatic carbocycles. The quantitative estimate of drug-likeness (QED) is 0.396. The van der Waals surface area contributed by atoms with Crippen molar-refractivity contribution in [1.29, 1.82) is 0 Å². The lowest BCUT2D eigenvalue weighted by Gasteiger charge is -2.00. The third-order valence-corrected chi connectivity index (χ3v) is 3.50. The molecule has 0 radical (unpaired) electrons. The third kappa shape index (κ3) is 3.35. The Bertz CT molecular complexity index is 1130. The summed E-state index contributed by atoms with van der Waals surface area (Å²) in [5.74, 6) is 0. The standard InChI is InChI=1S/C10H9NO2.C9H6O2/c1-6-4-10(12)13-9-5-7(11)2-3-8(6)9;10-9-6-5-7-3-1-2-4-8(7)11-9/h2-5H,11H2,1H3;1-6H. The van der Waals surface area contributed by atoms with E-state index < -0.39 is 0 Å². The number of nitrogens with two attached hydrogens (primary N) is 1. The van der Waals surface area contributed by atoms with Gasteiger partial charge in [0.05, 0.1) is 0 Å². The molecule has 0 spiro atoms. The van der Waals surface area contributed by atoms with Crippen LogP contribution >= 0.6 is 0 Å². The molecule has 0 bridgehead atoms. The van der Waals surface area contributed by atoms with Gasteiger partial charge in [-0.15, -0.1) is 0 Å². The van der Waals surface area contributed by atoms with Gasteiger partial charge in [0.15, 0.2) is 0 Å². The van der Waals surface area contributed by atoms with Crippen LogP contribution in [0, 0.1) is 6.92 Å². The zero-order valence-electron chi connectivity index (χ0n) is 13.0. The van der Waals surface area contributed by atoms with Gasteiger partial charge in [-0.1, -0.05) is 18.2 Å². The van der Waals surface area contributed by atoms with Crippen molar-refractivity contribution < 1.29 is 8.83 Å². The first-order valence-corrected chi connectivity index (χ1v) is 7.32. The largest absolute Gasteiger partial charge is 0.423 e. The molecule has 0 fully saturated rings. The molecule has 0 atom stereocenters. The first-order chi connectivity index (χ1) is 11.5. The first kappa shape index (κ1) is 15.6. The summed E-state index contributed by atoms with van der Waals surface area (Å²) >= 11 is 0. The maximum atomic E-state index is 11.0. The lowest BCUT2D eigenvalue weighted by atomic mass is 10.1. The van der Waals surface area contributed by atoms with Crippen LogP contribution in [0.3, 0.4) is 0 Å². The summed E-state index contributed by atoms with van der Waals surface area (Å²) in [6, 6.07) is 17.4. The Labute approximate surface area is 136 Å². The number of fused-ring (bicyclic) bond motifs is 2. The Hall–Kier alpha value is -3.34. The topological polar surface area (TPSA) is 86.4 Å². The van der Waals surface area contributed by atoms with Crippen molar-refractivity contribution in [2.24, 2.45) is 0 Å². The molecule has 0 aliphatic rings. The second-order valence-electron chi connectivity index (χ2n) is 5.30. The highest BCUT2D eigenvalue weighted by atomic mass is 16.4. The van der Waals surface area contributed by atoms with Gasteiger partial charge in [-0.2, -0.15) is 0 Å². The van der Waals surface area contributed by atoms with Gasteiger partial charge in [0.2, 0.25) is 0 Å². The summed E-state index contributed by atoms with van der Waals surface area (Å²) in [6.45, 7) is 1.87. The van der Waals surface area contributed by atoms with Crippen LogP contribution in [-0.2, 0) is 0 Å². The smallest absolute Gasteiger partial charge is 0.336 e. The van der Waals surface area contributed by atoms with Crippen molar-refractivity contribution in [2.75, 3.05) is 5.73 Å². The zero-order chi connectivity index (χ0) is 17.1. The number of rotatable bonds is 0. The molecule has 120 valence electrons. The van der Waals surface area contributed by atoms with Gasteiger partial charge >= 0.3 is 11.3 Å². The SMILES string of the molecule is Cc1cc(=O)oc2cc(N)ccc12.O=c1ccc2ccccc2o1. The maximum absolute atomic E-state index is 11.0. The van der Waals surface area contributed by atoms with E-state index in [9.17, 15) is 9.59 Å². The molecule has 2 aromatic heterocycles. The van der Waals surface area contributed by atoms with Crippen molar-refractivity contribution in [1.82, 2.24) is 0 Å². The Morgan fingerprint density at radius 1 is 0.792 bits per heavy atom. The number of para-hydroxylation sites is 1. The van der Waals surface area contributed by atoms with E-state index in [1.165, 1.54) is 12.1 Å². The molecule has 0 amide bonds. The summed E-state index contributed by atoms with van der Waals surface area (Å²) in [5, 5.41) is 1.88. The average Bonchev–Trinajstić information content (AvgIpc) is 2.54. The van der Waals surface area contributed by atoms with Crippen molar-refractivity contribution >= 4 is 27.6 Å². The fourth-order valence-corrected chi connectivity index (χ4v) is 2.35. The molecule has 2 N–H and O–H groups in total. The number of hydrogen-bond acceptors (Lipinski definition) is 5. The van der Waals surface area contributed by atoms with Crippen molar-refractivity contribution in [3.8, 4) is 0 Å². The molecule has 5 nitrogen and oxygen atoms in total. The normalized spacial score (nSPS) is 10.4. The number of anilines is 1. The van der Waals surface area contributed by atoms with Crippen LogP contribution in [0.1, 0.15) is 5.56 Å². The van der Waals surface area contributed by atoms with E-state index >= 15 is 0 Å². The van der Waals surface area contributed by atoms with Crippen LogP contribution < -0.4 is 17.0 Å². The van der Waals surface area contributed by atoms with Gasteiger partial charge in [0.25, 0.3) is 0 Å². The minimum Gasteiger partial charge on any atom is -0.423 e. The minimum atomic E-state index is -0.337. The number of nitrogen functional groups attached to an aromatic ring is 1. The maximum Gasteiger partial charge on any atom is 0.336 e. The number of benzene rings is 2. The van der Waals surface area contributed by atoms with Gasteiger partial charge in [0.1, 0.15) is 11.2 Å². The molecule has 24 heavy (non-hydrogen) atoms. The molecule has 0 saturated carbocycles. The van der Waals surface area contributed by atoms with Gasteiger partial charge in [-0.25, -0.2) is 9.59 Å². The zero-order valence-corrected chi connectivity index (χ0v) is 13.0. The Morgan fingerprint density at radius 2 is 1.54 bits per heavy atom. The van der Waals surface area contributed by atoms with Crippen LogP contribution in [0.2, 0.25) is 0 Å². The van der Waals surface area contributed by atoms with E-state index in [1.807, 2.05) is 31.2 Å². The highest BCUT2D eigenvalue weighted by Crippen LogP contribution is 2.18. The average molecular weight is 321 g/mol. The van der Waals surface area contributed by atoms with Gasteiger partial charge < -0.3 is 14.6 Å². The van der Waals surface area contributed by atoms with Gasteiger partial charge in [-0.3, -0.25) is 0 Å². The molecular formula is C19H15NO4. The lowest BCUT2D eigenvalue weighted by Crippen LogP contribution is -1.98. The fraction of sp³-hybridized carbons (Fsp3) is 0.0526. The minimum absolute atomic E-state index is 0.302. The highest BCUT2D eigenvalue weighted by molar-refractivity contribution is 5.82. The van der Waals surface area contributed by atoms with Gasteiger partial charge in [0, 0.05) is 34.7 Å². The fourth-order valence-electron chi connectivity index (χ4n) is 2.35. The van der Waals surface area contributed by atoms with Crippen LogP contribution in [-0.4, -0.2) is 0 Å². The van der Waals surface area contributed by atoms with Crippen molar-refractivity contribution in [3.63, 3.8) is 0 Å². The summed E-state index contributed by atoms with van der Waals surface area (Å²) in [4.78, 5) is 21.7. The third-order valence-electron chi connectivity index (χ3n) is 3.50. The molecule has 2 aromatic carbocycles. The van der Waals surface area contributed by atoms with E-state index in [4.69, 9.17) is 14.6 Å². The number of hydrogen-bond donors (Lipinski definition) is 1. The van der Waals surface area contributed by atoms with Crippen LogP contribution in [0.25, 0.3) is 21.9 Å². The molecular weight excluding hydrogens is 306 g/mol. The van der Waals surface area contributed by atoms with Crippen molar-refractivity contribution in [2.45, 2.75) is 6.92 Å². The second-order valence-corrected chi connectivity index (χ2v) is 5.30. The van der Waals surface area contributed by atoms with E-state index in [0.717, 1.165) is 16.3 Å². The summed E-state index contributed by atoms with van der Waals surface area (Å²) < 4.78 is 9.89. The van der Waals surface area contributed by atoms with E-state index in [2.05, 4.69) is 0 Å². The molecule has 4 aromatic rings. The second kappa shape index (κ2) is 6.42. The Morgan fingerprint density at radius 3 is 2.38 bits per heavy atom. The van der Waals surface area contributed by atoms with Crippen LogP contribution in [0.15, 0.2) is 79.1 Å².